The van der Waals surface area contributed by atoms with Crippen LogP contribution < -0.4 is 10.1 Å². The molecule has 3 amide bonds. The molecule has 2 aliphatic rings. The van der Waals surface area contributed by atoms with Crippen molar-refractivity contribution in [3.63, 3.8) is 0 Å². The highest BCUT2D eigenvalue weighted by Crippen LogP contribution is 2.33. The van der Waals surface area contributed by atoms with E-state index in [2.05, 4.69) is 5.32 Å². The maximum absolute atomic E-state index is 12.7. The third kappa shape index (κ3) is 3.54. The van der Waals surface area contributed by atoms with Crippen LogP contribution in [0.15, 0.2) is 59.8 Å². The van der Waals surface area contributed by atoms with E-state index < -0.39 is 0 Å². The summed E-state index contributed by atoms with van der Waals surface area (Å²) in [7, 11) is 3.07. The highest BCUT2D eigenvalue weighted by atomic mass is 16.5. The molecule has 1 N–H and O–H groups in total. The number of benzene rings is 2. The topological polar surface area (TPSA) is 79.0 Å². The smallest absolute Gasteiger partial charge is 0.277 e. The molecular weight excluding hydrogens is 382 g/mol. The zero-order valence-corrected chi connectivity index (χ0v) is 17.0. The molecule has 0 atom stereocenters. The van der Waals surface area contributed by atoms with Gasteiger partial charge in [0.25, 0.3) is 11.8 Å². The second kappa shape index (κ2) is 8.02. The summed E-state index contributed by atoms with van der Waals surface area (Å²) in [6.45, 7) is 0.573. The van der Waals surface area contributed by atoms with Gasteiger partial charge in [-0.25, -0.2) is 0 Å². The molecule has 0 bridgehead atoms. The predicted octanol–water partition coefficient (Wildman–Crippen LogP) is 2.65. The second-order valence-corrected chi connectivity index (χ2v) is 7.35. The van der Waals surface area contributed by atoms with E-state index >= 15 is 0 Å². The van der Waals surface area contributed by atoms with E-state index in [1.54, 1.807) is 18.1 Å². The zero-order valence-electron chi connectivity index (χ0n) is 17.0. The fourth-order valence-electron chi connectivity index (χ4n) is 3.95. The Bertz CT molecular complexity index is 1050. The van der Waals surface area contributed by atoms with Gasteiger partial charge in [0.1, 0.15) is 11.4 Å². The van der Waals surface area contributed by atoms with Gasteiger partial charge in [-0.1, -0.05) is 30.3 Å². The molecule has 2 aromatic rings. The predicted molar refractivity (Wildman–Crippen MR) is 113 cm³/mol. The Labute approximate surface area is 174 Å². The van der Waals surface area contributed by atoms with E-state index in [-0.39, 0.29) is 24.3 Å². The van der Waals surface area contributed by atoms with Crippen LogP contribution in [0.3, 0.4) is 0 Å². The lowest BCUT2D eigenvalue weighted by molar-refractivity contribution is -0.136. The number of ether oxygens (including phenoxy) is 1. The van der Waals surface area contributed by atoms with Gasteiger partial charge < -0.3 is 15.0 Å². The summed E-state index contributed by atoms with van der Waals surface area (Å²) in [6.07, 6.45) is 1.30. The lowest BCUT2D eigenvalue weighted by Gasteiger charge is -2.28. The van der Waals surface area contributed by atoms with Crippen LogP contribution in [0.2, 0.25) is 0 Å². The van der Waals surface area contributed by atoms with Gasteiger partial charge in [-0.15, -0.1) is 0 Å². The van der Waals surface area contributed by atoms with Crippen molar-refractivity contribution in [1.82, 2.24) is 9.80 Å². The summed E-state index contributed by atoms with van der Waals surface area (Å²) in [5.74, 6) is -0.203. The minimum atomic E-state index is -0.337. The van der Waals surface area contributed by atoms with Gasteiger partial charge in [-0.05, 0) is 30.5 Å². The number of imide groups is 1. The van der Waals surface area contributed by atoms with Crippen molar-refractivity contribution in [1.29, 1.82) is 0 Å². The van der Waals surface area contributed by atoms with Crippen LogP contribution in [-0.4, -0.2) is 54.8 Å². The Balaban J connectivity index is 1.49. The molecule has 0 saturated carbocycles. The van der Waals surface area contributed by atoms with Crippen molar-refractivity contribution in [2.75, 3.05) is 32.6 Å². The molecular formula is C23H23N3O4. The highest BCUT2D eigenvalue weighted by Gasteiger charge is 2.40. The average Bonchev–Trinajstić information content (AvgIpc) is 2.99. The van der Waals surface area contributed by atoms with Gasteiger partial charge in [0, 0.05) is 36.5 Å². The van der Waals surface area contributed by atoms with E-state index in [1.165, 1.54) is 7.05 Å². The first-order chi connectivity index (χ1) is 14.5. The normalized spacial score (nSPS) is 16.1. The number of carbonyl (C=O) groups excluding carboxylic acids is 3. The fraction of sp³-hybridized carbons (Fsp3) is 0.261. The first-order valence-corrected chi connectivity index (χ1v) is 9.83. The Hall–Kier alpha value is -3.61. The molecule has 4 rings (SSSR count). The van der Waals surface area contributed by atoms with Gasteiger partial charge in [-0.2, -0.15) is 0 Å². The summed E-state index contributed by atoms with van der Waals surface area (Å²) in [5, 5.41) is 2.87. The van der Waals surface area contributed by atoms with E-state index in [0.29, 0.717) is 35.7 Å². The van der Waals surface area contributed by atoms with Crippen LogP contribution in [0.25, 0.3) is 11.1 Å². The molecule has 0 radical (unpaired) electrons. The van der Waals surface area contributed by atoms with Crippen LogP contribution in [0.5, 0.6) is 5.75 Å². The molecule has 2 aromatic carbocycles. The minimum absolute atomic E-state index is 0.00838. The average molecular weight is 405 g/mol. The fourth-order valence-corrected chi connectivity index (χ4v) is 3.95. The van der Waals surface area contributed by atoms with Crippen molar-refractivity contribution in [2.24, 2.45) is 0 Å². The number of hydrogen-bond acceptors (Lipinski definition) is 5. The van der Waals surface area contributed by atoms with Crippen molar-refractivity contribution < 1.29 is 19.1 Å². The number of methoxy groups -OCH3 is 1. The summed E-state index contributed by atoms with van der Waals surface area (Å²) in [4.78, 5) is 40.1. The molecule has 2 aliphatic heterocycles. The number of hydrogen-bond donors (Lipinski definition) is 1. The zero-order chi connectivity index (χ0) is 21.3. The maximum Gasteiger partial charge on any atom is 0.277 e. The van der Waals surface area contributed by atoms with Crippen LogP contribution in [0, 0.1) is 0 Å². The SMILES string of the molecule is COc1cc(NC(=O)CN2CCCC3=C2C(=O)N(C)C3=O)ccc1-c1ccccc1. The Morgan fingerprint density at radius 2 is 1.87 bits per heavy atom. The standard InChI is InChI=1S/C23H23N3O4/c1-25-22(28)18-9-6-12-26(21(18)23(25)29)14-20(27)24-16-10-11-17(19(13-16)30-2)15-7-4-3-5-8-15/h3-5,7-8,10-11,13H,6,9,12,14H2,1-2H3,(H,24,27). The molecule has 0 saturated heterocycles. The number of nitrogens with one attached hydrogen (secondary N) is 1. The van der Waals surface area contributed by atoms with Gasteiger partial charge >= 0.3 is 0 Å². The molecule has 0 aromatic heterocycles. The number of anilines is 1. The molecule has 2 heterocycles. The minimum Gasteiger partial charge on any atom is -0.496 e. The molecule has 30 heavy (non-hydrogen) atoms. The van der Waals surface area contributed by atoms with Crippen LogP contribution >= 0.6 is 0 Å². The van der Waals surface area contributed by atoms with E-state index in [9.17, 15) is 14.4 Å². The second-order valence-electron chi connectivity index (χ2n) is 7.35. The number of amides is 3. The monoisotopic (exact) mass is 405 g/mol. The maximum atomic E-state index is 12.7. The molecule has 0 aliphatic carbocycles. The van der Waals surface area contributed by atoms with E-state index in [4.69, 9.17) is 4.74 Å². The van der Waals surface area contributed by atoms with Crippen molar-refractivity contribution in [3.8, 4) is 16.9 Å². The van der Waals surface area contributed by atoms with Gasteiger partial charge in [0.2, 0.25) is 5.91 Å². The summed E-state index contributed by atoms with van der Waals surface area (Å²) < 4.78 is 5.51. The van der Waals surface area contributed by atoms with Gasteiger partial charge in [-0.3, -0.25) is 19.3 Å². The van der Waals surface area contributed by atoms with Crippen molar-refractivity contribution in [3.05, 3.63) is 59.8 Å². The lowest BCUT2D eigenvalue weighted by Crippen LogP contribution is -2.38. The molecule has 7 heteroatoms. The number of likely N-dealkylation sites (N-methyl/N-ethyl adjacent to an activating group) is 1. The van der Waals surface area contributed by atoms with E-state index in [0.717, 1.165) is 22.4 Å². The van der Waals surface area contributed by atoms with Crippen LogP contribution in [0.4, 0.5) is 5.69 Å². The number of rotatable bonds is 5. The highest BCUT2D eigenvalue weighted by molar-refractivity contribution is 6.19. The Kier molecular flexibility index (Phi) is 5.27. The van der Waals surface area contributed by atoms with Crippen LogP contribution in [0.1, 0.15) is 12.8 Å². The Morgan fingerprint density at radius 3 is 2.60 bits per heavy atom. The van der Waals surface area contributed by atoms with E-state index in [1.807, 2.05) is 42.5 Å². The molecule has 0 spiro atoms. The third-order valence-corrected chi connectivity index (χ3v) is 5.43. The quantitative estimate of drug-likeness (QED) is 0.774. The summed E-state index contributed by atoms with van der Waals surface area (Å²) in [6, 6.07) is 15.4. The first-order valence-electron chi connectivity index (χ1n) is 9.83. The molecule has 7 nitrogen and oxygen atoms in total. The van der Waals surface area contributed by atoms with Crippen molar-refractivity contribution >= 4 is 23.4 Å². The lowest BCUT2D eigenvalue weighted by atomic mass is 10.0. The first kappa shape index (κ1) is 19.7. The number of carbonyl (C=O) groups is 3. The third-order valence-electron chi connectivity index (χ3n) is 5.43. The van der Waals surface area contributed by atoms with Crippen molar-refractivity contribution in [2.45, 2.75) is 12.8 Å². The van der Waals surface area contributed by atoms with Crippen LogP contribution in [-0.2, 0) is 14.4 Å². The van der Waals surface area contributed by atoms with Gasteiger partial charge in [0.05, 0.1) is 13.7 Å². The van der Waals surface area contributed by atoms with Gasteiger partial charge in [0.15, 0.2) is 0 Å². The summed E-state index contributed by atoms with van der Waals surface area (Å²) in [5.41, 5.74) is 3.43. The Morgan fingerprint density at radius 1 is 1.10 bits per heavy atom. The molecule has 0 unspecified atom stereocenters. The molecule has 0 fully saturated rings. The largest absolute Gasteiger partial charge is 0.496 e. The molecule has 154 valence electrons. The number of nitrogens with zero attached hydrogens (tertiary/aromatic N) is 2. The summed E-state index contributed by atoms with van der Waals surface area (Å²) >= 11 is 0.